The molecule has 0 bridgehead atoms. The summed E-state index contributed by atoms with van der Waals surface area (Å²) in [6.07, 6.45) is 1.79. The molecule has 0 spiro atoms. The van der Waals surface area contributed by atoms with E-state index in [4.69, 9.17) is 9.94 Å². The molecule has 1 aromatic heterocycles. The van der Waals surface area contributed by atoms with Crippen LogP contribution in [0, 0.1) is 0 Å². The number of nitrogens with one attached hydrogen (secondary N) is 1. The van der Waals surface area contributed by atoms with Gasteiger partial charge >= 0.3 is 0 Å². The fraction of sp³-hybridized carbons (Fsp3) is 0.250. The van der Waals surface area contributed by atoms with Crippen molar-refractivity contribution in [2.75, 3.05) is 7.05 Å². The highest BCUT2D eigenvalue weighted by Gasteiger charge is 2.36. The predicted molar refractivity (Wildman–Crippen MR) is 91.1 cm³/mol. The van der Waals surface area contributed by atoms with Gasteiger partial charge in [-0.25, -0.2) is 13.9 Å². The van der Waals surface area contributed by atoms with Crippen molar-refractivity contribution in [2.45, 2.75) is 24.0 Å². The van der Waals surface area contributed by atoms with E-state index < -0.39 is 28.1 Å². The first kappa shape index (κ1) is 19.8. The van der Waals surface area contributed by atoms with Crippen LogP contribution < -0.4 is 10.2 Å². The Kier molecular flexibility index (Phi) is 6.27. The summed E-state index contributed by atoms with van der Waals surface area (Å²) >= 11 is 0. The molecule has 0 aliphatic carbocycles. The number of hydrogen-bond acceptors (Lipinski definition) is 7. The van der Waals surface area contributed by atoms with Crippen molar-refractivity contribution < 1.29 is 28.3 Å². The number of sulfonamides is 1. The van der Waals surface area contributed by atoms with Gasteiger partial charge in [0.1, 0.15) is 17.5 Å². The average Bonchev–Trinajstić information content (AvgIpc) is 2.62. The van der Waals surface area contributed by atoms with Crippen molar-refractivity contribution in [1.29, 1.82) is 0 Å². The van der Waals surface area contributed by atoms with E-state index in [1.807, 2.05) is 0 Å². The molecule has 0 aliphatic heterocycles. The summed E-state index contributed by atoms with van der Waals surface area (Å²) in [5.74, 6) is -0.0804. The molecule has 3 N–H and O–H groups in total. The monoisotopic (exact) mass is 381 g/mol. The van der Waals surface area contributed by atoms with Crippen LogP contribution >= 0.6 is 0 Å². The van der Waals surface area contributed by atoms with E-state index in [1.165, 1.54) is 36.7 Å². The van der Waals surface area contributed by atoms with Gasteiger partial charge in [0.2, 0.25) is 10.0 Å². The first-order valence-corrected chi connectivity index (χ1v) is 8.99. The van der Waals surface area contributed by atoms with Gasteiger partial charge in [0.25, 0.3) is 5.91 Å². The van der Waals surface area contributed by atoms with Gasteiger partial charge in [0, 0.05) is 19.4 Å². The molecule has 0 saturated carbocycles. The van der Waals surface area contributed by atoms with Crippen molar-refractivity contribution in [3.8, 4) is 11.5 Å². The summed E-state index contributed by atoms with van der Waals surface area (Å²) in [7, 11) is -2.95. The molecule has 26 heavy (non-hydrogen) atoms. The minimum atomic E-state index is -4.09. The lowest BCUT2D eigenvalue weighted by atomic mass is 10.2. The predicted octanol–water partition coefficient (Wildman–Crippen LogP) is 0.749. The Balaban J connectivity index is 2.24. The van der Waals surface area contributed by atoms with E-state index in [2.05, 4.69) is 4.98 Å². The van der Waals surface area contributed by atoms with E-state index in [0.717, 1.165) is 7.05 Å². The fourth-order valence-electron chi connectivity index (χ4n) is 2.29. The van der Waals surface area contributed by atoms with Gasteiger partial charge in [-0.3, -0.25) is 15.0 Å². The number of nitrogens with zero attached hydrogens (tertiary/aromatic N) is 2. The van der Waals surface area contributed by atoms with Crippen LogP contribution in [0.5, 0.6) is 11.5 Å². The van der Waals surface area contributed by atoms with Crippen molar-refractivity contribution in [3.63, 3.8) is 0 Å². The second-order valence-electron chi connectivity index (χ2n) is 5.44. The fourth-order valence-corrected chi connectivity index (χ4v) is 3.68. The molecule has 10 heteroatoms. The molecule has 2 unspecified atom stereocenters. The molecule has 9 nitrogen and oxygen atoms in total. The Labute approximate surface area is 150 Å². The first-order chi connectivity index (χ1) is 12.3. The summed E-state index contributed by atoms with van der Waals surface area (Å²) in [5, 5.41) is 18.5. The van der Waals surface area contributed by atoms with Crippen LogP contribution in [-0.2, 0) is 14.8 Å². The van der Waals surface area contributed by atoms with Gasteiger partial charge in [0.15, 0.2) is 0 Å². The van der Waals surface area contributed by atoms with Gasteiger partial charge in [-0.05, 0) is 43.3 Å². The molecule has 0 saturated heterocycles. The molecule has 0 fully saturated rings. The first-order valence-electron chi connectivity index (χ1n) is 7.55. The Bertz CT molecular complexity index is 840. The summed E-state index contributed by atoms with van der Waals surface area (Å²) in [4.78, 5) is 15.4. The molecule has 1 amide bonds. The van der Waals surface area contributed by atoms with Crippen LogP contribution in [0.25, 0.3) is 0 Å². The van der Waals surface area contributed by atoms with Crippen LogP contribution in [0.4, 0.5) is 0 Å². The Morgan fingerprint density at radius 1 is 1.15 bits per heavy atom. The van der Waals surface area contributed by atoms with E-state index in [1.54, 1.807) is 24.5 Å². The number of carbonyl (C=O) groups is 1. The van der Waals surface area contributed by atoms with E-state index in [9.17, 15) is 18.3 Å². The Morgan fingerprint density at radius 2 is 1.69 bits per heavy atom. The minimum Gasteiger partial charge on any atom is -0.457 e. The van der Waals surface area contributed by atoms with Crippen molar-refractivity contribution in [1.82, 2.24) is 14.8 Å². The quantitative estimate of drug-likeness (QED) is 0.477. The second-order valence-corrected chi connectivity index (χ2v) is 7.44. The van der Waals surface area contributed by atoms with Crippen LogP contribution in [-0.4, -0.2) is 53.1 Å². The Morgan fingerprint density at radius 3 is 2.19 bits per heavy atom. The summed E-state index contributed by atoms with van der Waals surface area (Å²) < 4.78 is 31.6. The summed E-state index contributed by atoms with van der Waals surface area (Å²) in [6.45, 7) is 1.25. The lowest BCUT2D eigenvalue weighted by Gasteiger charge is -2.27. The van der Waals surface area contributed by atoms with Crippen LogP contribution in [0.2, 0.25) is 0 Å². The largest absolute Gasteiger partial charge is 0.457 e. The number of likely N-dealkylation sites (N-methyl/N-ethyl adjacent to an activating group) is 1. The number of amides is 1. The number of ether oxygens (including phenoxy) is 1. The molecule has 1 heterocycles. The molecular formula is C16H19N3O6S. The molecule has 2 aromatic rings. The van der Waals surface area contributed by atoms with Gasteiger partial charge in [-0.1, -0.05) is 0 Å². The Hall–Kier alpha value is -2.53. The number of carbonyl (C=O) groups excluding carboxylic acids is 1. The smallest absolute Gasteiger partial charge is 0.264 e. The van der Waals surface area contributed by atoms with E-state index >= 15 is 0 Å². The highest BCUT2D eigenvalue weighted by Crippen LogP contribution is 2.24. The zero-order valence-corrected chi connectivity index (χ0v) is 14.9. The molecule has 140 valence electrons. The number of hydrogen-bond donors (Lipinski definition) is 3. The number of rotatable bonds is 7. The van der Waals surface area contributed by atoms with Gasteiger partial charge < -0.3 is 9.84 Å². The number of aliphatic hydroxyl groups excluding tert-OH is 1. The highest BCUT2D eigenvalue weighted by atomic mass is 32.2. The second kappa shape index (κ2) is 8.23. The van der Waals surface area contributed by atoms with Crippen molar-refractivity contribution >= 4 is 15.9 Å². The zero-order chi connectivity index (χ0) is 19.3. The normalized spacial score (nSPS) is 13.9. The van der Waals surface area contributed by atoms with Crippen LogP contribution in [0.15, 0.2) is 53.7 Å². The van der Waals surface area contributed by atoms with E-state index in [0.29, 0.717) is 15.8 Å². The maximum Gasteiger partial charge on any atom is 0.264 e. The SMILES string of the molecule is CC(O)C(C(=O)NO)N(C)S(=O)(=O)c1ccc(Oc2ccncc2)cc1. The van der Waals surface area contributed by atoms with Crippen LogP contribution in [0.3, 0.4) is 0 Å². The minimum absolute atomic E-state index is 0.0986. The molecule has 0 aliphatic rings. The number of pyridine rings is 1. The number of aromatic nitrogens is 1. The summed E-state index contributed by atoms with van der Waals surface area (Å²) in [6, 6.07) is 7.38. The zero-order valence-electron chi connectivity index (χ0n) is 14.1. The van der Waals surface area contributed by atoms with Gasteiger partial charge in [-0.15, -0.1) is 0 Å². The molecule has 2 rings (SSSR count). The molecular weight excluding hydrogens is 362 g/mol. The third-order valence-corrected chi connectivity index (χ3v) is 5.47. The third-order valence-electron chi connectivity index (χ3n) is 3.61. The maximum atomic E-state index is 12.7. The lowest BCUT2D eigenvalue weighted by Crippen LogP contribution is -2.52. The highest BCUT2D eigenvalue weighted by molar-refractivity contribution is 7.89. The van der Waals surface area contributed by atoms with Crippen molar-refractivity contribution in [2.24, 2.45) is 0 Å². The lowest BCUT2D eigenvalue weighted by molar-refractivity contribution is -0.136. The van der Waals surface area contributed by atoms with E-state index in [-0.39, 0.29) is 4.90 Å². The maximum absolute atomic E-state index is 12.7. The average molecular weight is 381 g/mol. The number of aliphatic hydroxyl groups is 1. The molecule has 1 aromatic carbocycles. The van der Waals surface area contributed by atoms with Crippen LogP contribution in [0.1, 0.15) is 6.92 Å². The molecule has 0 radical (unpaired) electrons. The van der Waals surface area contributed by atoms with Gasteiger partial charge in [0.05, 0.1) is 11.0 Å². The summed E-state index contributed by atoms with van der Waals surface area (Å²) in [5.41, 5.74) is 1.36. The number of benzene rings is 1. The molecule has 2 atom stereocenters. The van der Waals surface area contributed by atoms with Gasteiger partial charge in [-0.2, -0.15) is 4.31 Å². The topological polar surface area (TPSA) is 129 Å². The van der Waals surface area contributed by atoms with Crippen molar-refractivity contribution in [3.05, 3.63) is 48.8 Å². The number of hydroxylamine groups is 1. The standard InChI is InChI=1S/C16H19N3O6S/c1-11(20)15(16(21)18-22)19(2)26(23,24)14-5-3-12(4-6-14)25-13-7-9-17-10-8-13/h3-11,15,20,22H,1-2H3,(H,18,21). The third kappa shape index (κ3) is 4.35.